The molecular formula is C38H48O12S4. The molecule has 0 bridgehead atoms. The normalized spacial score (nSPS) is 13.5. The molecule has 0 saturated carbocycles. The molecule has 0 saturated heterocycles. The molecule has 0 heterocycles. The summed E-state index contributed by atoms with van der Waals surface area (Å²) in [6.07, 6.45) is 3.08. The van der Waals surface area contributed by atoms with Crippen LogP contribution in [0.4, 0.5) is 0 Å². The fourth-order valence-electron chi connectivity index (χ4n) is 6.65. The summed E-state index contributed by atoms with van der Waals surface area (Å²) >= 11 is 0. The maximum atomic E-state index is 11.8. The molecular weight excluding hydrogens is 777 g/mol. The van der Waals surface area contributed by atoms with E-state index in [1.165, 1.54) is 24.3 Å². The lowest BCUT2D eigenvalue weighted by Gasteiger charge is -2.21. The Bertz CT molecular complexity index is 2250. The van der Waals surface area contributed by atoms with Crippen LogP contribution in [0.25, 0.3) is 0 Å². The maximum Gasteiger partial charge on any atom is 0.294 e. The van der Waals surface area contributed by atoms with Crippen LogP contribution in [-0.4, -0.2) is 51.9 Å². The molecule has 0 amide bonds. The molecule has 0 aliphatic heterocycles. The van der Waals surface area contributed by atoms with Crippen LogP contribution in [0.2, 0.25) is 0 Å². The Labute approximate surface area is 319 Å². The van der Waals surface area contributed by atoms with Gasteiger partial charge >= 0.3 is 0 Å². The van der Waals surface area contributed by atoms with Crippen molar-refractivity contribution < 1.29 is 51.9 Å². The molecule has 0 radical (unpaired) electrons. The van der Waals surface area contributed by atoms with E-state index in [-0.39, 0.29) is 44.3 Å². The number of hydrogen-bond donors (Lipinski definition) is 4. The minimum atomic E-state index is -4.42. The van der Waals surface area contributed by atoms with Crippen molar-refractivity contribution in [3.05, 3.63) is 117 Å². The van der Waals surface area contributed by atoms with Crippen LogP contribution in [0.5, 0.6) is 0 Å². The third-order valence-corrected chi connectivity index (χ3v) is 12.7. The Kier molecular flexibility index (Phi) is 15.0. The molecule has 54 heavy (non-hydrogen) atoms. The van der Waals surface area contributed by atoms with E-state index in [1.54, 1.807) is 48.5 Å². The van der Waals surface area contributed by atoms with Crippen LogP contribution < -0.4 is 0 Å². The predicted octanol–water partition coefficient (Wildman–Crippen LogP) is 7.85. The van der Waals surface area contributed by atoms with E-state index in [9.17, 15) is 51.9 Å². The zero-order chi connectivity index (χ0) is 40.8. The van der Waals surface area contributed by atoms with E-state index >= 15 is 0 Å². The summed E-state index contributed by atoms with van der Waals surface area (Å²) in [6.45, 7) is 11.1. The van der Waals surface area contributed by atoms with Gasteiger partial charge in [-0.2, -0.15) is 33.7 Å². The van der Waals surface area contributed by atoms with Crippen molar-refractivity contribution in [3.8, 4) is 0 Å². The van der Waals surface area contributed by atoms with Crippen LogP contribution in [0.15, 0.2) is 92.4 Å². The van der Waals surface area contributed by atoms with Gasteiger partial charge < -0.3 is 0 Å². The molecule has 4 rings (SSSR count). The van der Waals surface area contributed by atoms with Crippen molar-refractivity contribution in [2.24, 2.45) is 0 Å². The molecule has 2 atom stereocenters. The zero-order valence-electron chi connectivity index (χ0n) is 31.0. The third kappa shape index (κ3) is 12.3. The summed E-state index contributed by atoms with van der Waals surface area (Å²) < 4.78 is 133. The minimum absolute atomic E-state index is 0.174. The highest BCUT2D eigenvalue weighted by Crippen LogP contribution is 2.35. The first-order valence-electron chi connectivity index (χ1n) is 17.2. The van der Waals surface area contributed by atoms with E-state index in [2.05, 4.69) is 0 Å². The van der Waals surface area contributed by atoms with Gasteiger partial charge in [-0.1, -0.05) is 97.5 Å². The summed E-state index contributed by atoms with van der Waals surface area (Å²) in [6, 6.07) is 18.6. The van der Waals surface area contributed by atoms with Gasteiger partial charge in [0.05, 0.1) is 19.6 Å². The number of benzene rings is 4. The Hall–Kier alpha value is -3.48. The van der Waals surface area contributed by atoms with Crippen LogP contribution >= 0.6 is 0 Å². The Morgan fingerprint density at radius 1 is 0.426 bits per heavy atom. The van der Waals surface area contributed by atoms with E-state index in [1.807, 2.05) is 41.5 Å². The fraction of sp³-hybridized carbons (Fsp3) is 0.368. The van der Waals surface area contributed by atoms with E-state index in [4.69, 9.17) is 0 Å². The minimum Gasteiger partial charge on any atom is -0.282 e. The monoisotopic (exact) mass is 824 g/mol. The van der Waals surface area contributed by atoms with Crippen molar-refractivity contribution in [1.29, 1.82) is 0 Å². The SMILES string of the molecule is CCCC(Cc1cc(C)ccc1S(=O)(=O)O)c1cc(C)ccc1S(=O)(=O)O.CCCC(Cc1cc(C)ccc1S(=O)(=O)O)c1cc(C)ccc1S(=O)(=O)O. The van der Waals surface area contributed by atoms with Crippen molar-refractivity contribution in [3.63, 3.8) is 0 Å². The van der Waals surface area contributed by atoms with Gasteiger partial charge in [-0.3, -0.25) is 18.2 Å². The number of rotatable bonds is 14. The summed E-state index contributed by atoms with van der Waals surface area (Å²) in [7, 11) is -17.7. The van der Waals surface area contributed by atoms with Gasteiger partial charge in [-0.25, -0.2) is 0 Å². The molecule has 2 unspecified atom stereocenters. The lowest BCUT2D eigenvalue weighted by molar-refractivity contribution is 0.475. The quantitative estimate of drug-likeness (QED) is 0.0894. The molecule has 0 aliphatic carbocycles. The van der Waals surface area contributed by atoms with Crippen molar-refractivity contribution in [2.45, 2.75) is 111 Å². The van der Waals surface area contributed by atoms with Crippen LogP contribution in [0.3, 0.4) is 0 Å². The molecule has 4 aromatic rings. The standard InChI is InChI=1S/2C19H24O6S2/c2*1-4-5-15(17-11-14(3)7-9-19(17)27(23,24)25)12-16-10-13(2)6-8-18(16)26(20,21)22/h2*6-11,15H,4-5,12H2,1-3H3,(H,20,21,22)(H,23,24,25). The van der Waals surface area contributed by atoms with Crippen LogP contribution in [-0.2, 0) is 53.3 Å². The van der Waals surface area contributed by atoms with Crippen molar-refractivity contribution in [2.75, 3.05) is 0 Å². The Balaban J connectivity index is 0.000000290. The molecule has 4 aromatic carbocycles. The highest BCUT2D eigenvalue weighted by atomic mass is 32.2. The van der Waals surface area contributed by atoms with E-state index < -0.39 is 40.5 Å². The number of hydrogen-bond acceptors (Lipinski definition) is 8. The summed E-state index contributed by atoms with van der Waals surface area (Å²) in [5, 5.41) is 0. The third-order valence-electron chi connectivity index (χ3n) is 8.96. The smallest absolute Gasteiger partial charge is 0.282 e. The van der Waals surface area contributed by atoms with Gasteiger partial charge in [0, 0.05) is 0 Å². The lowest BCUT2D eigenvalue weighted by atomic mass is 9.87. The van der Waals surface area contributed by atoms with Crippen LogP contribution in [0, 0.1) is 27.7 Å². The zero-order valence-corrected chi connectivity index (χ0v) is 34.3. The first-order valence-corrected chi connectivity index (χ1v) is 22.9. The van der Waals surface area contributed by atoms with Crippen molar-refractivity contribution in [1.82, 2.24) is 0 Å². The number of aryl methyl sites for hydroxylation is 4. The van der Waals surface area contributed by atoms with Gasteiger partial charge in [0.2, 0.25) is 0 Å². The average Bonchev–Trinajstić information content (AvgIpc) is 3.02. The second kappa shape index (κ2) is 18.0. The summed E-state index contributed by atoms with van der Waals surface area (Å²) in [4.78, 5) is -0.717. The van der Waals surface area contributed by atoms with Crippen LogP contribution in [0.1, 0.15) is 95.9 Å². The fourth-order valence-corrected chi connectivity index (χ4v) is 9.60. The Morgan fingerprint density at radius 3 is 0.944 bits per heavy atom. The largest absolute Gasteiger partial charge is 0.294 e. The van der Waals surface area contributed by atoms with Gasteiger partial charge in [0.15, 0.2) is 0 Å². The molecule has 16 heteroatoms. The first kappa shape index (κ1) is 44.9. The van der Waals surface area contributed by atoms with E-state index in [0.29, 0.717) is 35.1 Å². The van der Waals surface area contributed by atoms with Gasteiger partial charge in [0.25, 0.3) is 40.5 Å². The molecule has 0 aromatic heterocycles. The second-order valence-corrected chi connectivity index (χ2v) is 19.1. The highest BCUT2D eigenvalue weighted by Gasteiger charge is 2.27. The van der Waals surface area contributed by atoms with Crippen molar-refractivity contribution >= 4 is 40.5 Å². The van der Waals surface area contributed by atoms with Gasteiger partial charge in [0.1, 0.15) is 0 Å². The summed E-state index contributed by atoms with van der Waals surface area (Å²) in [5.41, 5.74) is 5.04. The Morgan fingerprint density at radius 2 is 0.685 bits per heavy atom. The molecule has 296 valence electrons. The van der Waals surface area contributed by atoms with Gasteiger partial charge in [-0.15, -0.1) is 0 Å². The average molecular weight is 825 g/mol. The maximum absolute atomic E-state index is 11.8. The molecule has 12 nitrogen and oxygen atoms in total. The first-order chi connectivity index (χ1) is 24.9. The topological polar surface area (TPSA) is 217 Å². The molecule has 0 spiro atoms. The second-order valence-electron chi connectivity index (χ2n) is 13.6. The molecule has 0 fully saturated rings. The van der Waals surface area contributed by atoms with E-state index in [0.717, 1.165) is 35.1 Å². The van der Waals surface area contributed by atoms with Gasteiger partial charge in [-0.05, 0) is 112 Å². The molecule has 4 N–H and O–H groups in total. The summed E-state index contributed by atoms with van der Waals surface area (Å²) in [5.74, 6) is -0.678. The lowest BCUT2D eigenvalue weighted by Crippen LogP contribution is -2.13. The molecule has 0 aliphatic rings. The predicted molar refractivity (Wildman–Crippen MR) is 207 cm³/mol. The highest BCUT2D eigenvalue weighted by molar-refractivity contribution is 7.86.